The third-order valence-corrected chi connectivity index (χ3v) is 6.19. The van der Waals surface area contributed by atoms with Gasteiger partial charge in [-0.05, 0) is 24.5 Å². The summed E-state index contributed by atoms with van der Waals surface area (Å²) in [4.78, 5) is 20.1. The number of nitrogens with one attached hydrogen (secondary N) is 1. The average Bonchev–Trinajstić information content (AvgIpc) is 3.38. The molecule has 2 aliphatic rings. The van der Waals surface area contributed by atoms with Gasteiger partial charge in [0, 0.05) is 42.7 Å². The predicted octanol–water partition coefficient (Wildman–Crippen LogP) is 4.87. The van der Waals surface area contributed by atoms with Crippen LogP contribution in [0.2, 0.25) is 0 Å². The van der Waals surface area contributed by atoms with Crippen molar-refractivity contribution >= 4 is 17.3 Å². The molecule has 0 saturated heterocycles. The van der Waals surface area contributed by atoms with Crippen LogP contribution in [-0.4, -0.2) is 39.0 Å². The summed E-state index contributed by atoms with van der Waals surface area (Å²) >= 11 is 0. The molecule has 4 rings (SSSR count). The summed E-state index contributed by atoms with van der Waals surface area (Å²) in [6.07, 6.45) is 2.26. The Hall–Kier alpha value is -3.43. The maximum atomic E-state index is 14.7. The Morgan fingerprint density at radius 1 is 1.23 bits per heavy atom. The Labute approximate surface area is 201 Å². The van der Waals surface area contributed by atoms with Gasteiger partial charge in [0.25, 0.3) is 5.91 Å². The third kappa shape index (κ3) is 4.87. The first-order valence-corrected chi connectivity index (χ1v) is 11.2. The number of carbonyl (C=O) groups excluding carboxylic acids is 1. The molecule has 2 atom stereocenters. The van der Waals surface area contributed by atoms with Crippen LogP contribution in [0.25, 0.3) is 5.57 Å². The SMILES string of the molecule is C[C@@H](NC(=O)C1=CC(c2cnn(C)c2)=CN2C[C@@H](C(C)(C)C)N=C12)c1cccc(C(F)(F)F)c1F. The summed E-state index contributed by atoms with van der Waals surface area (Å²) in [7, 11) is 1.79. The van der Waals surface area contributed by atoms with Crippen LogP contribution in [0.1, 0.15) is 50.4 Å². The number of aromatic nitrogens is 2. The third-order valence-electron chi connectivity index (χ3n) is 6.19. The van der Waals surface area contributed by atoms with E-state index >= 15 is 0 Å². The lowest BCUT2D eigenvalue weighted by Gasteiger charge is -2.27. The first-order valence-electron chi connectivity index (χ1n) is 11.2. The molecule has 0 aliphatic carbocycles. The molecule has 2 aromatic rings. The number of allylic oxidation sites excluding steroid dienone is 2. The Bertz CT molecular complexity index is 1250. The lowest BCUT2D eigenvalue weighted by atomic mass is 9.87. The first-order chi connectivity index (χ1) is 16.3. The minimum absolute atomic E-state index is 0.0727. The fourth-order valence-corrected chi connectivity index (χ4v) is 4.12. The zero-order valence-corrected chi connectivity index (χ0v) is 20.1. The van der Waals surface area contributed by atoms with Gasteiger partial charge in [0.2, 0.25) is 0 Å². The normalized spacial score (nSPS) is 19.1. The van der Waals surface area contributed by atoms with E-state index in [0.717, 1.165) is 17.2 Å². The maximum Gasteiger partial charge on any atom is 0.419 e. The standard InChI is InChI=1S/C25H27F4N5O/c1-14(17-7-6-8-19(21(17)26)25(27,28)29)31-23(35)18-9-15(16-10-30-33(5)11-16)12-34-13-20(24(2,3)4)32-22(18)34/h6-12,14,20H,13H2,1-5H3,(H,31,35)/t14-,20+/m1/s1. The lowest BCUT2D eigenvalue weighted by Crippen LogP contribution is -2.37. The fraction of sp³-hybridized carbons (Fsp3) is 0.400. The smallest absolute Gasteiger partial charge is 0.345 e. The molecule has 2 aliphatic heterocycles. The summed E-state index contributed by atoms with van der Waals surface area (Å²) in [5.74, 6) is -1.47. The number of amides is 1. The molecule has 0 spiro atoms. The molecule has 3 heterocycles. The van der Waals surface area contributed by atoms with Gasteiger partial charge >= 0.3 is 6.18 Å². The van der Waals surface area contributed by atoms with E-state index in [-0.39, 0.29) is 22.6 Å². The number of hydrogen-bond acceptors (Lipinski definition) is 4. The number of carbonyl (C=O) groups is 1. The summed E-state index contributed by atoms with van der Waals surface area (Å²) in [5, 5.41) is 6.85. The number of hydrogen-bond donors (Lipinski definition) is 1. The second kappa shape index (κ2) is 8.66. The van der Waals surface area contributed by atoms with Crippen LogP contribution >= 0.6 is 0 Å². The number of benzene rings is 1. The van der Waals surface area contributed by atoms with Gasteiger partial charge in [0.15, 0.2) is 0 Å². The van der Waals surface area contributed by atoms with E-state index in [9.17, 15) is 22.4 Å². The quantitative estimate of drug-likeness (QED) is 0.624. The van der Waals surface area contributed by atoms with Crippen molar-refractivity contribution < 1.29 is 22.4 Å². The summed E-state index contributed by atoms with van der Waals surface area (Å²) in [6, 6.07) is 1.97. The van der Waals surface area contributed by atoms with E-state index in [4.69, 9.17) is 4.99 Å². The Kier molecular flexibility index (Phi) is 6.11. The van der Waals surface area contributed by atoms with Crippen molar-refractivity contribution in [3.63, 3.8) is 0 Å². The monoisotopic (exact) mass is 489 g/mol. The zero-order valence-electron chi connectivity index (χ0n) is 20.1. The number of aryl methyl sites for hydroxylation is 1. The highest BCUT2D eigenvalue weighted by Gasteiger charge is 2.38. The highest BCUT2D eigenvalue weighted by atomic mass is 19.4. The topological polar surface area (TPSA) is 62.5 Å². The van der Waals surface area contributed by atoms with Crippen molar-refractivity contribution in [2.75, 3.05) is 6.54 Å². The molecule has 186 valence electrons. The maximum absolute atomic E-state index is 14.7. The Morgan fingerprint density at radius 3 is 2.54 bits per heavy atom. The molecule has 0 radical (unpaired) electrons. The minimum Gasteiger partial charge on any atom is -0.345 e. The van der Waals surface area contributed by atoms with E-state index in [1.54, 1.807) is 24.0 Å². The molecule has 1 aromatic heterocycles. The van der Waals surface area contributed by atoms with E-state index in [1.807, 2.05) is 17.3 Å². The predicted molar refractivity (Wildman–Crippen MR) is 125 cm³/mol. The van der Waals surface area contributed by atoms with Crippen LogP contribution < -0.4 is 5.32 Å². The number of amidine groups is 1. The van der Waals surface area contributed by atoms with Crippen molar-refractivity contribution in [1.29, 1.82) is 0 Å². The molecule has 1 amide bonds. The summed E-state index contributed by atoms with van der Waals surface area (Å²) < 4.78 is 55.8. The van der Waals surface area contributed by atoms with Gasteiger partial charge in [-0.2, -0.15) is 18.3 Å². The molecule has 0 unspecified atom stereocenters. The van der Waals surface area contributed by atoms with Crippen LogP contribution in [0.3, 0.4) is 0 Å². The molecular weight excluding hydrogens is 462 g/mol. The fourth-order valence-electron chi connectivity index (χ4n) is 4.12. The van der Waals surface area contributed by atoms with E-state index in [2.05, 4.69) is 31.2 Å². The largest absolute Gasteiger partial charge is 0.419 e. The molecule has 10 heteroatoms. The van der Waals surface area contributed by atoms with Crippen molar-refractivity contribution in [2.45, 2.75) is 46.0 Å². The minimum atomic E-state index is -4.83. The molecule has 35 heavy (non-hydrogen) atoms. The Balaban J connectivity index is 1.67. The number of halogens is 4. The van der Waals surface area contributed by atoms with Gasteiger partial charge in [-0.3, -0.25) is 14.5 Å². The summed E-state index contributed by atoms with van der Waals surface area (Å²) in [6.45, 7) is 8.21. The number of nitrogens with zero attached hydrogens (tertiary/aromatic N) is 4. The molecule has 0 saturated carbocycles. The molecule has 1 N–H and O–H groups in total. The van der Waals surface area contributed by atoms with Crippen LogP contribution in [0.5, 0.6) is 0 Å². The van der Waals surface area contributed by atoms with Crippen molar-refractivity contribution in [3.05, 3.63) is 70.9 Å². The highest BCUT2D eigenvalue weighted by molar-refractivity contribution is 6.24. The molecule has 6 nitrogen and oxygen atoms in total. The number of aliphatic imine (C=N–C) groups is 1. The van der Waals surface area contributed by atoms with E-state index < -0.39 is 29.5 Å². The second-order valence-electron chi connectivity index (χ2n) is 9.93. The van der Waals surface area contributed by atoms with Crippen molar-refractivity contribution in [2.24, 2.45) is 17.5 Å². The lowest BCUT2D eigenvalue weighted by molar-refractivity contribution is -0.140. The number of fused-ring (bicyclic) bond motifs is 1. The van der Waals surface area contributed by atoms with Gasteiger partial charge in [0.1, 0.15) is 11.7 Å². The second-order valence-corrected chi connectivity index (χ2v) is 9.93. The first kappa shape index (κ1) is 24.7. The van der Waals surface area contributed by atoms with Gasteiger partial charge in [-0.25, -0.2) is 4.39 Å². The molecule has 0 bridgehead atoms. The van der Waals surface area contributed by atoms with Crippen LogP contribution in [0.15, 0.2) is 53.4 Å². The van der Waals surface area contributed by atoms with Crippen LogP contribution in [-0.2, 0) is 18.0 Å². The van der Waals surface area contributed by atoms with Gasteiger partial charge in [0.05, 0.1) is 29.4 Å². The molecule has 1 aromatic carbocycles. The van der Waals surface area contributed by atoms with Crippen molar-refractivity contribution in [1.82, 2.24) is 20.0 Å². The molecule has 0 fully saturated rings. The van der Waals surface area contributed by atoms with Gasteiger partial charge < -0.3 is 10.2 Å². The summed E-state index contributed by atoms with van der Waals surface area (Å²) in [5.41, 5.74) is 0.0439. The molecular formula is C25H27F4N5O. The van der Waals surface area contributed by atoms with Crippen LogP contribution in [0, 0.1) is 11.2 Å². The average molecular weight is 490 g/mol. The zero-order chi connectivity index (χ0) is 25.7. The van der Waals surface area contributed by atoms with E-state index in [0.29, 0.717) is 18.4 Å². The van der Waals surface area contributed by atoms with Gasteiger partial charge in [-0.1, -0.05) is 32.9 Å². The van der Waals surface area contributed by atoms with Gasteiger partial charge in [-0.15, -0.1) is 0 Å². The number of rotatable bonds is 4. The highest BCUT2D eigenvalue weighted by Crippen LogP contribution is 2.35. The Morgan fingerprint density at radius 2 is 1.94 bits per heavy atom. The van der Waals surface area contributed by atoms with Crippen molar-refractivity contribution in [3.8, 4) is 0 Å². The van der Waals surface area contributed by atoms with Crippen LogP contribution in [0.4, 0.5) is 17.6 Å². The number of alkyl halides is 3. The van der Waals surface area contributed by atoms with E-state index in [1.165, 1.54) is 13.0 Å².